The fourth-order valence-electron chi connectivity index (χ4n) is 3.64. The number of halogens is 1. The van der Waals surface area contributed by atoms with Gasteiger partial charge in [-0.15, -0.1) is 0 Å². The molecule has 0 bridgehead atoms. The molecule has 3 aromatic heterocycles. The number of furan rings is 2. The van der Waals surface area contributed by atoms with Crippen LogP contribution in [0.25, 0.3) is 55.4 Å². The zero-order chi connectivity index (χ0) is 18.0. The minimum atomic E-state index is 0.302. The van der Waals surface area contributed by atoms with Gasteiger partial charge in [-0.05, 0) is 24.3 Å². The van der Waals surface area contributed by atoms with Gasteiger partial charge < -0.3 is 8.83 Å². The van der Waals surface area contributed by atoms with Gasteiger partial charge in [-0.3, -0.25) is 0 Å². The molecule has 0 aliphatic heterocycles. The molecule has 0 aliphatic rings. The maximum atomic E-state index is 6.46. The van der Waals surface area contributed by atoms with Gasteiger partial charge in [0, 0.05) is 21.7 Å². The summed E-state index contributed by atoms with van der Waals surface area (Å²) in [7, 11) is 0. The van der Waals surface area contributed by atoms with Crippen molar-refractivity contribution in [1.29, 1.82) is 0 Å². The Bertz CT molecular complexity index is 1500. The summed E-state index contributed by atoms with van der Waals surface area (Å²) in [5.74, 6) is 0.552. The summed E-state index contributed by atoms with van der Waals surface area (Å²) < 4.78 is 11.8. The smallest absolute Gasteiger partial charge is 0.191 e. The topological polar surface area (TPSA) is 52.1 Å². The molecule has 128 valence electrons. The van der Waals surface area contributed by atoms with Crippen LogP contribution in [0.1, 0.15) is 0 Å². The van der Waals surface area contributed by atoms with Crippen molar-refractivity contribution in [2.24, 2.45) is 0 Å². The van der Waals surface area contributed by atoms with E-state index in [0.717, 1.165) is 38.5 Å². The van der Waals surface area contributed by atoms with Gasteiger partial charge in [0.25, 0.3) is 0 Å². The molecule has 0 N–H and O–H groups in total. The lowest BCUT2D eigenvalue weighted by Gasteiger charge is -2.03. The van der Waals surface area contributed by atoms with Crippen molar-refractivity contribution in [3.8, 4) is 11.4 Å². The summed E-state index contributed by atoms with van der Waals surface area (Å²) >= 11 is 6.46. The maximum absolute atomic E-state index is 6.46. The number of hydrogen-bond acceptors (Lipinski definition) is 4. The highest BCUT2D eigenvalue weighted by Gasteiger charge is 2.18. The number of benzene rings is 3. The quantitative estimate of drug-likeness (QED) is 0.306. The van der Waals surface area contributed by atoms with Crippen molar-refractivity contribution < 1.29 is 8.83 Å². The van der Waals surface area contributed by atoms with Gasteiger partial charge in [0.05, 0.1) is 0 Å². The number of nitrogens with zero attached hydrogens (tertiary/aromatic N) is 2. The molecule has 0 radical (unpaired) electrons. The first-order valence-corrected chi connectivity index (χ1v) is 8.93. The lowest BCUT2D eigenvalue weighted by Crippen LogP contribution is -1.91. The van der Waals surface area contributed by atoms with Gasteiger partial charge in [0.1, 0.15) is 22.3 Å². The highest BCUT2D eigenvalue weighted by atomic mass is 35.5. The van der Waals surface area contributed by atoms with E-state index in [1.807, 2.05) is 66.7 Å². The summed E-state index contributed by atoms with van der Waals surface area (Å²) in [5, 5.41) is 3.23. The Labute approximate surface area is 158 Å². The average molecular weight is 371 g/mol. The van der Waals surface area contributed by atoms with Gasteiger partial charge in [-0.2, -0.15) is 0 Å². The standard InChI is InChI=1S/C22H11ClN2O2/c23-21-20-19(13-7-2-4-10-16(13)27-20)24-22(25-21)14-8-5-11-17-18(14)12-6-1-3-9-15(12)26-17/h1-11H. The Hall–Kier alpha value is -3.37. The summed E-state index contributed by atoms with van der Waals surface area (Å²) in [6.45, 7) is 0. The molecule has 6 rings (SSSR count). The van der Waals surface area contributed by atoms with Crippen molar-refractivity contribution in [2.75, 3.05) is 0 Å². The minimum absolute atomic E-state index is 0.302. The summed E-state index contributed by atoms with van der Waals surface area (Å²) in [6.07, 6.45) is 0. The third-order valence-corrected chi connectivity index (χ3v) is 5.08. The lowest BCUT2D eigenvalue weighted by molar-refractivity contribution is 0.666. The van der Waals surface area contributed by atoms with Crippen molar-refractivity contribution in [3.63, 3.8) is 0 Å². The Kier molecular flexibility index (Phi) is 2.91. The zero-order valence-electron chi connectivity index (χ0n) is 13.9. The van der Waals surface area contributed by atoms with E-state index in [0.29, 0.717) is 22.1 Å². The minimum Gasteiger partial charge on any atom is -0.456 e. The number of hydrogen-bond donors (Lipinski definition) is 0. The third kappa shape index (κ3) is 2.04. The Morgan fingerprint density at radius 2 is 1.37 bits per heavy atom. The van der Waals surface area contributed by atoms with E-state index in [1.165, 1.54) is 0 Å². The Balaban J connectivity index is 1.74. The van der Waals surface area contributed by atoms with E-state index in [-0.39, 0.29) is 0 Å². The van der Waals surface area contributed by atoms with Crippen LogP contribution in [0.3, 0.4) is 0 Å². The number of rotatable bonds is 1. The van der Waals surface area contributed by atoms with Crippen LogP contribution >= 0.6 is 11.6 Å². The number of aromatic nitrogens is 2. The van der Waals surface area contributed by atoms with Crippen molar-refractivity contribution >= 4 is 55.6 Å². The monoisotopic (exact) mass is 370 g/mol. The molecule has 6 aromatic rings. The van der Waals surface area contributed by atoms with Crippen LogP contribution in [0.5, 0.6) is 0 Å². The molecule has 27 heavy (non-hydrogen) atoms. The molecule has 0 saturated heterocycles. The predicted octanol–water partition coefficient (Wildman–Crippen LogP) is 6.60. The van der Waals surface area contributed by atoms with Crippen LogP contribution in [0.4, 0.5) is 0 Å². The van der Waals surface area contributed by atoms with E-state index in [9.17, 15) is 0 Å². The molecule has 5 heteroatoms. The molecule has 0 aliphatic carbocycles. The summed E-state index contributed by atoms with van der Waals surface area (Å²) in [4.78, 5) is 9.32. The van der Waals surface area contributed by atoms with Gasteiger partial charge in [-0.25, -0.2) is 9.97 Å². The molecule has 3 heterocycles. The van der Waals surface area contributed by atoms with Crippen LogP contribution in [0.2, 0.25) is 5.15 Å². The number of fused-ring (bicyclic) bond motifs is 6. The second kappa shape index (κ2) is 5.32. The maximum Gasteiger partial charge on any atom is 0.191 e. The molecule has 0 unspecified atom stereocenters. The molecular weight excluding hydrogens is 360 g/mol. The molecule has 0 atom stereocenters. The molecule has 0 fully saturated rings. The Morgan fingerprint density at radius 1 is 0.667 bits per heavy atom. The summed E-state index contributed by atoms with van der Waals surface area (Å²) in [5.41, 5.74) is 4.47. The van der Waals surface area contributed by atoms with Crippen molar-refractivity contribution in [2.45, 2.75) is 0 Å². The van der Waals surface area contributed by atoms with E-state index in [4.69, 9.17) is 25.4 Å². The fraction of sp³-hybridized carbons (Fsp3) is 0. The van der Waals surface area contributed by atoms with Gasteiger partial charge in [0.15, 0.2) is 16.6 Å². The van der Waals surface area contributed by atoms with E-state index in [2.05, 4.69) is 4.98 Å². The summed E-state index contributed by atoms with van der Waals surface area (Å²) in [6, 6.07) is 21.6. The molecule has 0 amide bonds. The first-order chi connectivity index (χ1) is 13.3. The largest absolute Gasteiger partial charge is 0.456 e. The first-order valence-electron chi connectivity index (χ1n) is 8.55. The van der Waals surface area contributed by atoms with Crippen LogP contribution < -0.4 is 0 Å². The van der Waals surface area contributed by atoms with Crippen LogP contribution in [0.15, 0.2) is 75.6 Å². The predicted molar refractivity (Wildman–Crippen MR) is 107 cm³/mol. The van der Waals surface area contributed by atoms with Crippen LogP contribution in [-0.4, -0.2) is 9.97 Å². The SMILES string of the molecule is Clc1nc(-c2cccc3oc4ccccc4c23)nc2c1oc1ccccc12. The van der Waals surface area contributed by atoms with Gasteiger partial charge in [0.2, 0.25) is 0 Å². The van der Waals surface area contributed by atoms with Crippen LogP contribution in [-0.2, 0) is 0 Å². The lowest BCUT2D eigenvalue weighted by atomic mass is 10.1. The molecule has 3 aromatic carbocycles. The van der Waals surface area contributed by atoms with E-state index < -0.39 is 0 Å². The van der Waals surface area contributed by atoms with Crippen LogP contribution in [0, 0.1) is 0 Å². The van der Waals surface area contributed by atoms with Gasteiger partial charge in [-0.1, -0.05) is 54.1 Å². The zero-order valence-corrected chi connectivity index (χ0v) is 14.7. The highest BCUT2D eigenvalue weighted by Crippen LogP contribution is 2.38. The highest BCUT2D eigenvalue weighted by molar-refractivity contribution is 6.34. The van der Waals surface area contributed by atoms with E-state index >= 15 is 0 Å². The molecule has 4 nitrogen and oxygen atoms in total. The molecular formula is C22H11ClN2O2. The normalized spacial score (nSPS) is 11.9. The first kappa shape index (κ1) is 14.8. The molecule has 0 spiro atoms. The fourth-order valence-corrected chi connectivity index (χ4v) is 3.85. The Morgan fingerprint density at radius 3 is 2.22 bits per heavy atom. The average Bonchev–Trinajstić information content (AvgIpc) is 3.26. The van der Waals surface area contributed by atoms with Crippen molar-refractivity contribution in [3.05, 3.63) is 71.9 Å². The van der Waals surface area contributed by atoms with Gasteiger partial charge >= 0.3 is 0 Å². The van der Waals surface area contributed by atoms with E-state index in [1.54, 1.807) is 0 Å². The number of para-hydroxylation sites is 2. The second-order valence-electron chi connectivity index (χ2n) is 6.39. The second-order valence-corrected chi connectivity index (χ2v) is 6.75. The molecule has 0 saturated carbocycles. The third-order valence-electron chi connectivity index (χ3n) is 4.82. The van der Waals surface area contributed by atoms with Crippen molar-refractivity contribution in [1.82, 2.24) is 9.97 Å².